The average Bonchev–Trinajstić information content (AvgIpc) is 2.70. The molecule has 2 aromatic carbocycles. The number of nitrogens with zero attached hydrogens (tertiary/aromatic N) is 1. The summed E-state index contributed by atoms with van der Waals surface area (Å²) in [4.78, 5) is 26.2. The first kappa shape index (κ1) is 22.0. The maximum Gasteiger partial charge on any atom is 0.258 e. The molecule has 1 saturated heterocycles. The molecule has 0 unspecified atom stereocenters. The Morgan fingerprint density at radius 3 is 2.37 bits per heavy atom. The van der Waals surface area contributed by atoms with E-state index < -0.39 is 17.5 Å². The Hall–Kier alpha value is -2.67. The zero-order valence-corrected chi connectivity index (χ0v) is 17.6. The number of piperidine rings is 1. The molecule has 0 radical (unpaired) electrons. The van der Waals surface area contributed by atoms with E-state index >= 15 is 0 Å². The molecule has 2 amide bonds. The van der Waals surface area contributed by atoms with Crippen molar-refractivity contribution in [1.82, 2.24) is 10.2 Å². The fourth-order valence-corrected chi connectivity index (χ4v) is 3.58. The second-order valence-corrected chi connectivity index (χ2v) is 7.80. The Morgan fingerprint density at radius 1 is 1.13 bits per heavy atom. The normalized spacial score (nSPS) is 14.5. The molecular formula is C22H23ClF2N2O3. The van der Waals surface area contributed by atoms with Gasteiger partial charge in [0.1, 0.15) is 17.4 Å². The van der Waals surface area contributed by atoms with Crippen LogP contribution in [0.3, 0.4) is 0 Å². The van der Waals surface area contributed by atoms with E-state index in [0.717, 1.165) is 23.3 Å². The molecule has 0 saturated carbocycles. The minimum Gasteiger partial charge on any atom is -0.484 e. The van der Waals surface area contributed by atoms with Crippen molar-refractivity contribution in [3.8, 4) is 5.75 Å². The first-order chi connectivity index (χ1) is 14.2. The number of carbonyl (C=O) groups excluding carboxylic acids is 2. The molecule has 5 nitrogen and oxygen atoms in total. The lowest BCUT2D eigenvalue weighted by atomic mass is 10.0. The number of carbonyl (C=O) groups is 2. The Balaban J connectivity index is 1.47. The molecule has 30 heavy (non-hydrogen) atoms. The fourth-order valence-electron chi connectivity index (χ4n) is 3.47. The number of rotatable bonds is 5. The first-order valence-corrected chi connectivity index (χ1v) is 10.1. The van der Waals surface area contributed by atoms with Gasteiger partial charge in [-0.25, -0.2) is 8.78 Å². The van der Waals surface area contributed by atoms with Crippen LogP contribution in [0.4, 0.5) is 8.78 Å². The topological polar surface area (TPSA) is 58.6 Å². The zero-order chi connectivity index (χ0) is 21.8. The van der Waals surface area contributed by atoms with Crippen molar-refractivity contribution in [2.75, 3.05) is 19.7 Å². The highest BCUT2D eigenvalue weighted by Crippen LogP contribution is 2.25. The summed E-state index contributed by atoms with van der Waals surface area (Å²) in [5, 5.41) is 3.57. The molecule has 160 valence electrons. The molecule has 1 aliphatic heterocycles. The average molecular weight is 437 g/mol. The second kappa shape index (κ2) is 9.43. The minimum absolute atomic E-state index is 0.100. The summed E-state index contributed by atoms with van der Waals surface area (Å²) >= 11 is 6.13. The molecule has 8 heteroatoms. The number of hydrogen-bond acceptors (Lipinski definition) is 3. The summed E-state index contributed by atoms with van der Waals surface area (Å²) in [6.45, 7) is 4.36. The van der Waals surface area contributed by atoms with E-state index in [9.17, 15) is 18.4 Å². The highest BCUT2D eigenvalue weighted by atomic mass is 35.5. The smallest absolute Gasteiger partial charge is 0.258 e. The van der Waals surface area contributed by atoms with Crippen molar-refractivity contribution in [3.05, 3.63) is 63.7 Å². The van der Waals surface area contributed by atoms with Gasteiger partial charge >= 0.3 is 0 Å². The second-order valence-electron chi connectivity index (χ2n) is 7.42. The summed E-state index contributed by atoms with van der Waals surface area (Å²) in [6.07, 6.45) is 1.08. The van der Waals surface area contributed by atoms with Crippen LogP contribution in [0, 0.1) is 25.5 Å². The highest BCUT2D eigenvalue weighted by Gasteiger charge is 2.26. The maximum atomic E-state index is 13.8. The van der Waals surface area contributed by atoms with Crippen LogP contribution in [0.2, 0.25) is 5.02 Å². The van der Waals surface area contributed by atoms with Crippen molar-refractivity contribution in [3.63, 3.8) is 0 Å². The summed E-state index contributed by atoms with van der Waals surface area (Å²) in [5.41, 5.74) is 1.60. The van der Waals surface area contributed by atoms with Gasteiger partial charge in [0.15, 0.2) is 6.61 Å². The van der Waals surface area contributed by atoms with E-state index in [4.69, 9.17) is 16.3 Å². The third-order valence-electron chi connectivity index (χ3n) is 5.09. The summed E-state index contributed by atoms with van der Waals surface area (Å²) in [7, 11) is 0. The van der Waals surface area contributed by atoms with E-state index in [-0.39, 0.29) is 24.1 Å². The quantitative estimate of drug-likeness (QED) is 0.769. The van der Waals surface area contributed by atoms with Crippen LogP contribution in [0.25, 0.3) is 0 Å². The lowest BCUT2D eigenvalue weighted by molar-refractivity contribution is -0.124. The monoisotopic (exact) mass is 436 g/mol. The summed E-state index contributed by atoms with van der Waals surface area (Å²) < 4.78 is 32.4. The van der Waals surface area contributed by atoms with Gasteiger partial charge < -0.3 is 15.0 Å². The SMILES string of the molecule is Cc1cc(OCC(=O)NC2CCN(C(=O)c3ccc(F)cc3F)CC2)cc(C)c1Cl. The molecule has 1 N–H and O–H groups in total. The number of aryl methyl sites for hydroxylation is 2. The lowest BCUT2D eigenvalue weighted by Crippen LogP contribution is -2.47. The van der Waals surface area contributed by atoms with Crippen LogP contribution < -0.4 is 10.1 Å². The van der Waals surface area contributed by atoms with Crippen LogP contribution in [0.15, 0.2) is 30.3 Å². The van der Waals surface area contributed by atoms with E-state index in [2.05, 4.69) is 5.32 Å². The molecule has 1 fully saturated rings. The van der Waals surface area contributed by atoms with Crippen molar-refractivity contribution >= 4 is 23.4 Å². The van der Waals surface area contributed by atoms with E-state index in [1.807, 2.05) is 13.8 Å². The van der Waals surface area contributed by atoms with Gasteiger partial charge in [-0.05, 0) is 62.1 Å². The van der Waals surface area contributed by atoms with Crippen LogP contribution >= 0.6 is 11.6 Å². The van der Waals surface area contributed by atoms with Crippen molar-refractivity contribution < 1.29 is 23.1 Å². The summed E-state index contributed by atoms with van der Waals surface area (Å²) in [5.74, 6) is -1.76. The molecule has 2 aromatic rings. The van der Waals surface area contributed by atoms with Gasteiger partial charge in [-0.3, -0.25) is 9.59 Å². The van der Waals surface area contributed by atoms with Crippen molar-refractivity contribution in [2.45, 2.75) is 32.7 Å². The molecule has 0 spiro atoms. The number of benzene rings is 2. The van der Waals surface area contributed by atoms with E-state index in [1.165, 1.54) is 4.90 Å². The molecule has 0 atom stereocenters. The first-order valence-electron chi connectivity index (χ1n) is 9.68. The predicted molar refractivity (Wildman–Crippen MR) is 110 cm³/mol. The van der Waals surface area contributed by atoms with E-state index in [0.29, 0.717) is 42.8 Å². The number of nitrogens with one attached hydrogen (secondary N) is 1. The van der Waals surface area contributed by atoms with Gasteiger partial charge in [0, 0.05) is 30.2 Å². The van der Waals surface area contributed by atoms with Gasteiger partial charge in [-0.2, -0.15) is 0 Å². The highest BCUT2D eigenvalue weighted by molar-refractivity contribution is 6.32. The number of hydrogen-bond donors (Lipinski definition) is 1. The van der Waals surface area contributed by atoms with Gasteiger partial charge in [-0.1, -0.05) is 11.6 Å². The molecule has 0 aromatic heterocycles. The molecule has 1 heterocycles. The molecular weight excluding hydrogens is 414 g/mol. The van der Waals surface area contributed by atoms with Crippen molar-refractivity contribution in [2.24, 2.45) is 0 Å². The Labute approximate surface area is 179 Å². The number of likely N-dealkylation sites (tertiary alicyclic amines) is 1. The third-order valence-corrected chi connectivity index (χ3v) is 5.68. The minimum atomic E-state index is -0.875. The fraction of sp³-hybridized carbons (Fsp3) is 0.364. The molecule has 1 aliphatic rings. The van der Waals surface area contributed by atoms with Gasteiger partial charge in [0.2, 0.25) is 0 Å². The molecule has 0 aliphatic carbocycles. The van der Waals surface area contributed by atoms with Gasteiger partial charge in [0.05, 0.1) is 5.56 Å². The lowest BCUT2D eigenvalue weighted by Gasteiger charge is -2.32. The maximum absolute atomic E-state index is 13.8. The predicted octanol–water partition coefficient (Wildman–Crippen LogP) is 4.03. The van der Waals surface area contributed by atoms with Gasteiger partial charge in [0.25, 0.3) is 11.8 Å². The molecule has 0 bridgehead atoms. The largest absolute Gasteiger partial charge is 0.484 e. The van der Waals surface area contributed by atoms with Crippen LogP contribution in [-0.2, 0) is 4.79 Å². The Morgan fingerprint density at radius 2 is 1.77 bits per heavy atom. The van der Waals surface area contributed by atoms with Crippen molar-refractivity contribution in [1.29, 1.82) is 0 Å². The van der Waals surface area contributed by atoms with Crippen LogP contribution in [-0.4, -0.2) is 42.5 Å². The van der Waals surface area contributed by atoms with E-state index in [1.54, 1.807) is 12.1 Å². The molecule has 3 rings (SSSR count). The van der Waals surface area contributed by atoms with Gasteiger partial charge in [-0.15, -0.1) is 0 Å². The van der Waals surface area contributed by atoms with Crippen LogP contribution in [0.1, 0.15) is 34.3 Å². The number of halogens is 3. The Bertz CT molecular complexity index is 936. The number of ether oxygens (including phenoxy) is 1. The number of amides is 2. The summed E-state index contributed by atoms with van der Waals surface area (Å²) in [6, 6.07) is 6.37. The Kier molecular flexibility index (Phi) is 6.92. The standard InChI is InChI=1S/C22H23ClF2N2O3/c1-13-9-17(10-14(2)21(13)23)30-12-20(28)26-16-5-7-27(8-6-16)22(29)18-4-3-15(24)11-19(18)25/h3-4,9-11,16H,5-8,12H2,1-2H3,(H,26,28). The van der Waals surface area contributed by atoms with Crippen LogP contribution in [0.5, 0.6) is 5.75 Å². The third kappa shape index (κ3) is 5.27. The zero-order valence-electron chi connectivity index (χ0n) is 16.8.